The molecule has 1 aliphatic rings. The number of alkyl halides is 1. The van der Waals surface area contributed by atoms with Crippen LogP contribution >= 0.6 is 11.6 Å². The number of nitrogens with zero attached hydrogens (tertiary/aromatic N) is 2. The molecule has 1 aliphatic carbocycles. The molecule has 0 N–H and O–H groups in total. The van der Waals surface area contributed by atoms with Gasteiger partial charge < -0.3 is 4.57 Å². The standard InChI is InChI=1S/C16H20ClFN2/c1-11(12-4-2-3-5-12)20-15-10-13(18)6-7-14(15)19-16(20)8-9-17/h6-7,10-12H,2-5,8-9H2,1H3. The van der Waals surface area contributed by atoms with E-state index in [1.807, 2.05) is 0 Å². The first-order chi connectivity index (χ1) is 9.70. The normalized spacial score (nSPS) is 17.9. The average Bonchev–Trinajstić information content (AvgIpc) is 3.05. The molecule has 1 heterocycles. The van der Waals surface area contributed by atoms with Crippen molar-refractivity contribution in [3.63, 3.8) is 0 Å². The summed E-state index contributed by atoms with van der Waals surface area (Å²) in [5.74, 6) is 2.00. The van der Waals surface area contributed by atoms with Crippen molar-refractivity contribution in [2.45, 2.75) is 45.1 Å². The second-order valence-corrected chi connectivity index (χ2v) is 6.13. The summed E-state index contributed by atoms with van der Waals surface area (Å²) >= 11 is 5.90. The monoisotopic (exact) mass is 294 g/mol. The van der Waals surface area contributed by atoms with Crippen LogP contribution in [0.15, 0.2) is 18.2 Å². The first-order valence-electron chi connectivity index (χ1n) is 7.43. The Morgan fingerprint density at radius 2 is 2.15 bits per heavy atom. The fourth-order valence-corrected chi connectivity index (χ4v) is 3.65. The molecule has 0 aliphatic heterocycles. The summed E-state index contributed by atoms with van der Waals surface area (Å²) in [5, 5.41) is 0. The van der Waals surface area contributed by atoms with Crippen LogP contribution in [0.4, 0.5) is 4.39 Å². The minimum Gasteiger partial charge on any atom is -0.325 e. The van der Waals surface area contributed by atoms with Crippen molar-refractivity contribution >= 4 is 22.6 Å². The molecule has 0 amide bonds. The number of benzene rings is 1. The molecule has 3 rings (SSSR count). The lowest BCUT2D eigenvalue weighted by atomic mass is 9.99. The first-order valence-corrected chi connectivity index (χ1v) is 7.96. The average molecular weight is 295 g/mol. The van der Waals surface area contributed by atoms with Gasteiger partial charge in [0.05, 0.1) is 11.0 Å². The number of aromatic nitrogens is 2. The lowest BCUT2D eigenvalue weighted by Gasteiger charge is -2.23. The Kier molecular flexibility index (Phi) is 3.97. The van der Waals surface area contributed by atoms with Crippen molar-refractivity contribution < 1.29 is 4.39 Å². The van der Waals surface area contributed by atoms with Crippen LogP contribution in [0, 0.1) is 11.7 Å². The second-order valence-electron chi connectivity index (χ2n) is 5.76. The van der Waals surface area contributed by atoms with E-state index >= 15 is 0 Å². The van der Waals surface area contributed by atoms with Gasteiger partial charge in [-0.05, 0) is 43.9 Å². The Morgan fingerprint density at radius 3 is 2.85 bits per heavy atom. The Hall–Kier alpha value is -1.09. The van der Waals surface area contributed by atoms with Gasteiger partial charge in [-0.1, -0.05) is 12.8 Å². The molecule has 2 aromatic rings. The number of hydrogen-bond acceptors (Lipinski definition) is 1. The second kappa shape index (κ2) is 5.72. The third kappa shape index (κ3) is 2.44. The van der Waals surface area contributed by atoms with Crippen LogP contribution in [0.2, 0.25) is 0 Å². The summed E-state index contributed by atoms with van der Waals surface area (Å²) in [5.41, 5.74) is 1.78. The van der Waals surface area contributed by atoms with Crippen molar-refractivity contribution in [2.24, 2.45) is 5.92 Å². The zero-order chi connectivity index (χ0) is 14.1. The first kappa shape index (κ1) is 13.9. The summed E-state index contributed by atoms with van der Waals surface area (Å²) < 4.78 is 15.8. The fraction of sp³-hybridized carbons (Fsp3) is 0.562. The Balaban J connectivity index is 2.09. The van der Waals surface area contributed by atoms with Gasteiger partial charge in [0.1, 0.15) is 11.6 Å². The zero-order valence-corrected chi connectivity index (χ0v) is 12.5. The van der Waals surface area contributed by atoms with Crippen molar-refractivity contribution in [1.29, 1.82) is 0 Å². The maximum absolute atomic E-state index is 13.6. The highest BCUT2D eigenvalue weighted by Crippen LogP contribution is 2.36. The molecule has 1 aromatic carbocycles. The van der Waals surface area contributed by atoms with Crippen molar-refractivity contribution in [3.8, 4) is 0 Å². The number of hydrogen-bond donors (Lipinski definition) is 0. The minimum absolute atomic E-state index is 0.199. The number of fused-ring (bicyclic) bond motifs is 1. The predicted molar refractivity (Wildman–Crippen MR) is 80.8 cm³/mol. The number of halogens is 2. The molecule has 1 saturated carbocycles. The number of aryl methyl sites for hydroxylation is 1. The molecule has 108 valence electrons. The predicted octanol–water partition coefficient (Wildman–Crippen LogP) is 4.71. The topological polar surface area (TPSA) is 17.8 Å². The highest BCUT2D eigenvalue weighted by atomic mass is 35.5. The molecule has 0 spiro atoms. The van der Waals surface area contributed by atoms with E-state index in [0.717, 1.165) is 23.3 Å². The van der Waals surface area contributed by atoms with Gasteiger partial charge in [0.25, 0.3) is 0 Å². The molecule has 4 heteroatoms. The quantitative estimate of drug-likeness (QED) is 0.747. The van der Waals surface area contributed by atoms with E-state index in [1.165, 1.54) is 31.7 Å². The summed E-state index contributed by atoms with van der Waals surface area (Å²) in [6.45, 7) is 2.24. The minimum atomic E-state index is -0.199. The molecule has 2 nitrogen and oxygen atoms in total. The van der Waals surface area contributed by atoms with Crippen molar-refractivity contribution in [3.05, 3.63) is 29.8 Å². The number of imidazole rings is 1. The molecule has 1 unspecified atom stereocenters. The molecule has 0 saturated heterocycles. The largest absolute Gasteiger partial charge is 0.325 e. The fourth-order valence-electron chi connectivity index (χ4n) is 3.48. The van der Waals surface area contributed by atoms with Crippen LogP contribution in [0.3, 0.4) is 0 Å². The van der Waals surface area contributed by atoms with Gasteiger partial charge in [-0.3, -0.25) is 0 Å². The van der Waals surface area contributed by atoms with Gasteiger partial charge in [0.2, 0.25) is 0 Å². The number of rotatable bonds is 4. The van der Waals surface area contributed by atoms with Crippen LogP contribution in [0.25, 0.3) is 11.0 Å². The molecule has 0 radical (unpaired) electrons. The highest BCUT2D eigenvalue weighted by molar-refractivity contribution is 6.17. The van der Waals surface area contributed by atoms with E-state index in [4.69, 9.17) is 11.6 Å². The third-order valence-corrected chi connectivity index (χ3v) is 4.72. The van der Waals surface area contributed by atoms with Gasteiger partial charge in [-0.15, -0.1) is 11.6 Å². The van der Waals surface area contributed by atoms with Crippen LogP contribution in [0.1, 0.15) is 44.5 Å². The van der Waals surface area contributed by atoms with Gasteiger partial charge in [-0.2, -0.15) is 0 Å². The van der Waals surface area contributed by atoms with Crippen molar-refractivity contribution in [1.82, 2.24) is 9.55 Å². The Labute approximate surface area is 123 Å². The molecule has 0 bridgehead atoms. The summed E-state index contributed by atoms with van der Waals surface area (Å²) in [4.78, 5) is 4.65. The third-order valence-electron chi connectivity index (χ3n) is 4.53. The van der Waals surface area contributed by atoms with E-state index in [1.54, 1.807) is 12.1 Å². The lowest BCUT2D eigenvalue weighted by Crippen LogP contribution is -2.17. The maximum atomic E-state index is 13.6. The van der Waals surface area contributed by atoms with E-state index < -0.39 is 0 Å². The smallest absolute Gasteiger partial charge is 0.125 e. The Morgan fingerprint density at radius 1 is 1.40 bits per heavy atom. The SMILES string of the molecule is CC(C1CCCC1)n1c(CCCl)nc2ccc(F)cc21. The highest BCUT2D eigenvalue weighted by Gasteiger charge is 2.26. The molecule has 1 aromatic heterocycles. The van der Waals surface area contributed by atoms with Crippen LogP contribution in [0.5, 0.6) is 0 Å². The van der Waals surface area contributed by atoms with Crippen LogP contribution in [-0.2, 0) is 6.42 Å². The van der Waals surface area contributed by atoms with Gasteiger partial charge in [0.15, 0.2) is 0 Å². The maximum Gasteiger partial charge on any atom is 0.125 e. The molecule has 1 fully saturated rings. The van der Waals surface area contributed by atoms with Crippen LogP contribution < -0.4 is 0 Å². The van der Waals surface area contributed by atoms with E-state index in [0.29, 0.717) is 17.8 Å². The molecule has 20 heavy (non-hydrogen) atoms. The van der Waals surface area contributed by atoms with Gasteiger partial charge >= 0.3 is 0 Å². The summed E-state index contributed by atoms with van der Waals surface area (Å²) in [6, 6.07) is 5.21. The van der Waals surface area contributed by atoms with E-state index in [2.05, 4.69) is 16.5 Å². The molecular weight excluding hydrogens is 275 g/mol. The zero-order valence-electron chi connectivity index (χ0n) is 11.8. The van der Waals surface area contributed by atoms with Gasteiger partial charge in [-0.25, -0.2) is 9.37 Å². The summed E-state index contributed by atoms with van der Waals surface area (Å²) in [7, 11) is 0. The Bertz CT molecular complexity index is 602. The van der Waals surface area contributed by atoms with Gasteiger partial charge in [0, 0.05) is 18.3 Å². The molecule has 1 atom stereocenters. The van der Waals surface area contributed by atoms with E-state index in [9.17, 15) is 4.39 Å². The van der Waals surface area contributed by atoms with E-state index in [-0.39, 0.29) is 5.82 Å². The van der Waals surface area contributed by atoms with Crippen molar-refractivity contribution in [2.75, 3.05) is 5.88 Å². The lowest BCUT2D eigenvalue weighted by molar-refractivity contribution is 0.360. The molecular formula is C16H20ClFN2. The summed E-state index contributed by atoms with van der Waals surface area (Å²) in [6.07, 6.45) is 5.86. The van der Waals surface area contributed by atoms with Crippen LogP contribution in [-0.4, -0.2) is 15.4 Å².